The van der Waals surface area contributed by atoms with Crippen LogP contribution in [0.3, 0.4) is 0 Å². The molecule has 6 nitrogen and oxygen atoms in total. The zero-order valence-corrected chi connectivity index (χ0v) is 11.9. The van der Waals surface area contributed by atoms with Crippen molar-refractivity contribution in [3.8, 4) is 11.4 Å². The zero-order chi connectivity index (χ0) is 14.0. The van der Waals surface area contributed by atoms with E-state index in [2.05, 4.69) is 15.2 Å². The van der Waals surface area contributed by atoms with Crippen molar-refractivity contribution in [1.82, 2.24) is 19.9 Å². The molecule has 1 aliphatic carbocycles. The maximum Gasteiger partial charge on any atom is 0.227 e. The highest BCUT2D eigenvalue weighted by atomic mass is 16.5. The molecule has 2 N–H and O–H groups in total. The molecule has 2 aromatic rings. The lowest BCUT2D eigenvalue weighted by Gasteiger charge is -2.34. The Balaban J connectivity index is 1.76. The lowest BCUT2D eigenvalue weighted by atomic mass is 9.72. The van der Waals surface area contributed by atoms with Gasteiger partial charge in [-0.3, -0.25) is 4.68 Å². The second-order valence-electron chi connectivity index (χ2n) is 5.86. The van der Waals surface area contributed by atoms with Gasteiger partial charge in [0, 0.05) is 19.7 Å². The molecule has 108 valence electrons. The van der Waals surface area contributed by atoms with Crippen LogP contribution < -0.4 is 5.73 Å². The van der Waals surface area contributed by atoms with Crippen molar-refractivity contribution >= 4 is 0 Å². The average Bonchev–Trinajstić information content (AvgIpc) is 3.09. The summed E-state index contributed by atoms with van der Waals surface area (Å²) < 4.78 is 7.13. The molecule has 0 atom stereocenters. The molecule has 3 rings (SSSR count). The molecule has 2 aromatic heterocycles. The first-order chi connectivity index (χ1) is 9.71. The number of hydrogen-bond acceptors (Lipinski definition) is 5. The van der Waals surface area contributed by atoms with Crippen molar-refractivity contribution in [2.75, 3.05) is 6.54 Å². The van der Waals surface area contributed by atoms with Crippen LogP contribution in [-0.2, 0) is 13.5 Å². The molecule has 1 fully saturated rings. The average molecular weight is 275 g/mol. The molecule has 0 saturated heterocycles. The normalized spacial score (nSPS) is 18.3. The Hall–Kier alpha value is -1.69. The topological polar surface area (TPSA) is 82.8 Å². The minimum Gasteiger partial charge on any atom is -0.339 e. The monoisotopic (exact) mass is 275 g/mol. The Morgan fingerprint density at radius 2 is 2.15 bits per heavy atom. The molecule has 1 aliphatic rings. The van der Waals surface area contributed by atoms with E-state index in [1.54, 1.807) is 10.9 Å². The van der Waals surface area contributed by atoms with Gasteiger partial charge in [-0.25, -0.2) is 0 Å². The van der Waals surface area contributed by atoms with E-state index in [4.69, 9.17) is 10.3 Å². The third-order valence-corrected chi connectivity index (χ3v) is 4.30. The smallest absolute Gasteiger partial charge is 0.227 e. The van der Waals surface area contributed by atoms with Gasteiger partial charge in [0.05, 0.1) is 11.8 Å². The molecule has 0 spiro atoms. The maximum absolute atomic E-state index is 6.00. The third kappa shape index (κ3) is 2.60. The molecule has 6 heteroatoms. The summed E-state index contributed by atoms with van der Waals surface area (Å²) in [5, 5.41) is 8.17. The number of aryl methyl sites for hydroxylation is 1. The highest BCUT2D eigenvalue weighted by molar-refractivity contribution is 5.50. The fourth-order valence-electron chi connectivity index (χ4n) is 3.06. The second-order valence-corrected chi connectivity index (χ2v) is 5.86. The molecule has 1 saturated carbocycles. The molecule has 2 heterocycles. The minimum atomic E-state index is 0.150. The Kier molecular flexibility index (Phi) is 3.56. The predicted molar refractivity (Wildman–Crippen MR) is 74.8 cm³/mol. The lowest BCUT2D eigenvalue weighted by molar-refractivity contribution is 0.177. The van der Waals surface area contributed by atoms with E-state index >= 15 is 0 Å². The van der Waals surface area contributed by atoms with E-state index in [9.17, 15) is 0 Å². The van der Waals surface area contributed by atoms with Gasteiger partial charge in [0.25, 0.3) is 0 Å². The first-order valence-electron chi connectivity index (χ1n) is 7.22. The van der Waals surface area contributed by atoms with Gasteiger partial charge in [-0.05, 0) is 24.8 Å². The standard InChI is InChI=1S/C14H21N5O/c1-19-9-11(8-16-19)13-17-12(20-18-13)7-14(10-15)5-3-2-4-6-14/h8-9H,2-7,10,15H2,1H3. The van der Waals surface area contributed by atoms with Crippen LogP contribution in [0.1, 0.15) is 38.0 Å². The number of nitrogens with two attached hydrogens (primary N) is 1. The number of aromatic nitrogens is 4. The quantitative estimate of drug-likeness (QED) is 0.921. The molecule has 0 bridgehead atoms. The summed E-state index contributed by atoms with van der Waals surface area (Å²) in [6.07, 6.45) is 10.6. The van der Waals surface area contributed by atoms with Gasteiger partial charge in [0.2, 0.25) is 11.7 Å². The van der Waals surface area contributed by atoms with Gasteiger partial charge in [-0.15, -0.1) is 0 Å². The van der Waals surface area contributed by atoms with Crippen LogP contribution in [0.15, 0.2) is 16.9 Å². The van der Waals surface area contributed by atoms with Gasteiger partial charge < -0.3 is 10.3 Å². The van der Waals surface area contributed by atoms with Crippen molar-refractivity contribution in [1.29, 1.82) is 0 Å². The van der Waals surface area contributed by atoms with Gasteiger partial charge in [0.15, 0.2) is 0 Å². The highest BCUT2D eigenvalue weighted by Crippen LogP contribution is 2.38. The first-order valence-corrected chi connectivity index (χ1v) is 7.22. The lowest BCUT2D eigenvalue weighted by Crippen LogP contribution is -2.35. The summed E-state index contributed by atoms with van der Waals surface area (Å²) in [5.41, 5.74) is 7.04. The summed E-state index contributed by atoms with van der Waals surface area (Å²) in [7, 11) is 1.87. The van der Waals surface area contributed by atoms with Crippen LogP contribution in [0.2, 0.25) is 0 Å². The van der Waals surface area contributed by atoms with Gasteiger partial charge in [-0.1, -0.05) is 24.4 Å². The predicted octanol–water partition coefficient (Wildman–Crippen LogP) is 1.92. The minimum absolute atomic E-state index is 0.150. The summed E-state index contributed by atoms with van der Waals surface area (Å²) in [4.78, 5) is 4.49. The maximum atomic E-state index is 6.00. The summed E-state index contributed by atoms with van der Waals surface area (Å²) in [5.74, 6) is 1.30. The number of rotatable bonds is 4. The van der Waals surface area contributed by atoms with E-state index in [1.165, 1.54) is 19.3 Å². The number of hydrogen-bond donors (Lipinski definition) is 1. The van der Waals surface area contributed by atoms with Crippen LogP contribution >= 0.6 is 0 Å². The third-order valence-electron chi connectivity index (χ3n) is 4.30. The Bertz CT molecular complexity index is 568. The molecule has 0 aliphatic heterocycles. The van der Waals surface area contributed by atoms with Crippen LogP contribution in [-0.4, -0.2) is 26.5 Å². The second kappa shape index (κ2) is 5.36. The Morgan fingerprint density at radius 3 is 2.80 bits per heavy atom. The van der Waals surface area contributed by atoms with Gasteiger partial charge in [0.1, 0.15) is 0 Å². The molecule has 0 radical (unpaired) electrons. The fourth-order valence-corrected chi connectivity index (χ4v) is 3.06. The molecular weight excluding hydrogens is 254 g/mol. The zero-order valence-electron chi connectivity index (χ0n) is 11.9. The molecule has 20 heavy (non-hydrogen) atoms. The van der Waals surface area contributed by atoms with E-state index in [-0.39, 0.29) is 5.41 Å². The highest BCUT2D eigenvalue weighted by Gasteiger charge is 2.33. The van der Waals surface area contributed by atoms with E-state index in [0.29, 0.717) is 18.3 Å². The number of nitrogens with zero attached hydrogens (tertiary/aromatic N) is 4. The summed E-state index contributed by atoms with van der Waals surface area (Å²) in [6.45, 7) is 0.692. The SMILES string of the molecule is Cn1cc(-c2noc(CC3(CN)CCCCC3)n2)cn1. The van der Waals surface area contributed by atoms with Crippen molar-refractivity contribution < 1.29 is 4.52 Å². The molecule has 0 amide bonds. The molecular formula is C14H21N5O. The van der Waals surface area contributed by atoms with Crippen LogP contribution in [0.25, 0.3) is 11.4 Å². The summed E-state index contributed by atoms with van der Waals surface area (Å²) >= 11 is 0. The van der Waals surface area contributed by atoms with E-state index in [0.717, 1.165) is 24.8 Å². The fraction of sp³-hybridized carbons (Fsp3) is 0.643. The Labute approximate surface area is 118 Å². The molecule has 0 aromatic carbocycles. The Morgan fingerprint density at radius 1 is 1.35 bits per heavy atom. The summed E-state index contributed by atoms with van der Waals surface area (Å²) in [6, 6.07) is 0. The van der Waals surface area contributed by atoms with E-state index in [1.807, 2.05) is 13.2 Å². The van der Waals surface area contributed by atoms with Crippen LogP contribution in [0.4, 0.5) is 0 Å². The van der Waals surface area contributed by atoms with Crippen molar-refractivity contribution in [2.45, 2.75) is 38.5 Å². The van der Waals surface area contributed by atoms with E-state index < -0.39 is 0 Å². The largest absolute Gasteiger partial charge is 0.339 e. The van der Waals surface area contributed by atoms with Crippen molar-refractivity contribution in [2.24, 2.45) is 18.2 Å². The molecule has 0 unspecified atom stereocenters. The van der Waals surface area contributed by atoms with Gasteiger partial charge in [-0.2, -0.15) is 10.1 Å². The van der Waals surface area contributed by atoms with Crippen molar-refractivity contribution in [3.05, 3.63) is 18.3 Å². The first kappa shape index (κ1) is 13.3. The van der Waals surface area contributed by atoms with Crippen LogP contribution in [0, 0.1) is 5.41 Å². The van der Waals surface area contributed by atoms with Crippen LogP contribution in [0.5, 0.6) is 0 Å². The van der Waals surface area contributed by atoms with Crippen molar-refractivity contribution in [3.63, 3.8) is 0 Å². The van der Waals surface area contributed by atoms with Gasteiger partial charge >= 0.3 is 0 Å².